The van der Waals surface area contributed by atoms with Crippen LogP contribution in [0.1, 0.15) is 32.1 Å². The predicted octanol–water partition coefficient (Wildman–Crippen LogP) is 1.57. The van der Waals surface area contributed by atoms with Crippen LogP contribution in [0.15, 0.2) is 0 Å². The van der Waals surface area contributed by atoms with Crippen molar-refractivity contribution in [3.05, 3.63) is 0 Å². The zero-order chi connectivity index (χ0) is 12.3. The van der Waals surface area contributed by atoms with Gasteiger partial charge in [-0.15, -0.1) is 0 Å². The highest BCUT2D eigenvalue weighted by molar-refractivity contribution is 4.76. The summed E-state index contributed by atoms with van der Waals surface area (Å²) in [5.41, 5.74) is 5.75. The molecule has 0 radical (unpaired) electrons. The molecule has 0 saturated heterocycles. The third-order valence-corrected chi connectivity index (χ3v) is 3.34. The van der Waals surface area contributed by atoms with Gasteiger partial charge in [0.05, 0.1) is 19.3 Å². The number of hydrogen-bond donors (Lipinski definition) is 1. The van der Waals surface area contributed by atoms with Gasteiger partial charge in [0, 0.05) is 20.3 Å². The second-order valence-corrected chi connectivity index (χ2v) is 4.65. The standard InChI is InChI=1S/C13H27NO3/c1-15-7-4-8-16-9-10-17-13-6-3-2-5-12(13)11-14/h12-13H,2-11,14H2,1H3. The molecule has 0 aromatic rings. The first-order valence-electron chi connectivity index (χ1n) is 6.76. The van der Waals surface area contributed by atoms with E-state index in [9.17, 15) is 0 Å². The van der Waals surface area contributed by atoms with Crippen molar-refractivity contribution in [2.24, 2.45) is 11.7 Å². The largest absolute Gasteiger partial charge is 0.385 e. The van der Waals surface area contributed by atoms with Crippen LogP contribution in [0, 0.1) is 5.92 Å². The molecule has 1 saturated carbocycles. The molecule has 0 aliphatic heterocycles. The summed E-state index contributed by atoms with van der Waals surface area (Å²) in [6, 6.07) is 0. The van der Waals surface area contributed by atoms with Crippen molar-refractivity contribution >= 4 is 0 Å². The van der Waals surface area contributed by atoms with E-state index in [1.807, 2.05) is 0 Å². The van der Waals surface area contributed by atoms with E-state index in [-0.39, 0.29) is 0 Å². The Morgan fingerprint density at radius 2 is 1.88 bits per heavy atom. The molecular formula is C13H27NO3. The van der Waals surface area contributed by atoms with Gasteiger partial charge in [0.1, 0.15) is 0 Å². The molecule has 1 aliphatic carbocycles. The van der Waals surface area contributed by atoms with Crippen molar-refractivity contribution in [3.63, 3.8) is 0 Å². The maximum atomic E-state index is 5.86. The van der Waals surface area contributed by atoms with Crippen molar-refractivity contribution in [3.8, 4) is 0 Å². The predicted molar refractivity (Wildman–Crippen MR) is 68.1 cm³/mol. The zero-order valence-corrected chi connectivity index (χ0v) is 11.0. The first-order valence-corrected chi connectivity index (χ1v) is 6.76. The van der Waals surface area contributed by atoms with Gasteiger partial charge in [-0.3, -0.25) is 0 Å². The summed E-state index contributed by atoms with van der Waals surface area (Å²) in [4.78, 5) is 0. The topological polar surface area (TPSA) is 53.7 Å². The lowest BCUT2D eigenvalue weighted by molar-refractivity contribution is -0.0367. The monoisotopic (exact) mass is 245 g/mol. The van der Waals surface area contributed by atoms with Gasteiger partial charge >= 0.3 is 0 Å². The lowest BCUT2D eigenvalue weighted by atomic mass is 9.86. The number of hydrogen-bond acceptors (Lipinski definition) is 4. The van der Waals surface area contributed by atoms with Crippen molar-refractivity contribution in [2.45, 2.75) is 38.2 Å². The number of nitrogens with two attached hydrogens (primary N) is 1. The minimum Gasteiger partial charge on any atom is -0.385 e. The van der Waals surface area contributed by atoms with E-state index >= 15 is 0 Å². The van der Waals surface area contributed by atoms with E-state index in [1.165, 1.54) is 19.3 Å². The fraction of sp³-hybridized carbons (Fsp3) is 1.00. The Hall–Kier alpha value is -0.160. The van der Waals surface area contributed by atoms with Crippen LogP contribution in [-0.2, 0) is 14.2 Å². The van der Waals surface area contributed by atoms with Crippen LogP contribution in [0.2, 0.25) is 0 Å². The Morgan fingerprint density at radius 3 is 2.65 bits per heavy atom. The molecule has 1 aliphatic rings. The summed E-state index contributed by atoms with van der Waals surface area (Å²) >= 11 is 0. The van der Waals surface area contributed by atoms with Gasteiger partial charge in [-0.05, 0) is 31.7 Å². The Bertz CT molecular complexity index is 178. The number of methoxy groups -OCH3 is 1. The molecule has 0 aromatic heterocycles. The van der Waals surface area contributed by atoms with Gasteiger partial charge in [-0.1, -0.05) is 12.8 Å². The molecule has 0 amide bonds. The third-order valence-electron chi connectivity index (χ3n) is 3.34. The molecule has 2 unspecified atom stereocenters. The highest BCUT2D eigenvalue weighted by Gasteiger charge is 2.24. The van der Waals surface area contributed by atoms with Gasteiger partial charge in [0.15, 0.2) is 0 Å². The van der Waals surface area contributed by atoms with E-state index in [2.05, 4.69) is 0 Å². The van der Waals surface area contributed by atoms with Crippen molar-refractivity contribution in [2.75, 3.05) is 40.1 Å². The maximum absolute atomic E-state index is 5.86. The normalized spacial score (nSPS) is 25.1. The quantitative estimate of drug-likeness (QED) is 0.627. The average molecular weight is 245 g/mol. The highest BCUT2D eigenvalue weighted by atomic mass is 16.5. The summed E-state index contributed by atoms with van der Waals surface area (Å²) in [5.74, 6) is 0.553. The smallest absolute Gasteiger partial charge is 0.0704 e. The lowest BCUT2D eigenvalue weighted by Gasteiger charge is -2.30. The fourth-order valence-corrected chi connectivity index (χ4v) is 2.33. The minimum atomic E-state index is 0.358. The summed E-state index contributed by atoms with van der Waals surface area (Å²) in [7, 11) is 1.71. The number of ether oxygens (including phenoxy) is 3. The van der Waals surface area contributed by atoms with E-state index in [0.29, 0.717) is 25.2 Å². The van der Waals surface area contributed by atoms with Gasteiger partial charge in [0.25, 0.3) is 0 Å². The molecule has 0 aromatic carbocycles. The van der Waals surface area contributed by atoms with Crippen LogP contribution in [0.5, 0.6) is 0 Å². The van der Waals surface area contributed by atoms with Crippen LogP contribution >= 0.6 is 0 Å². The summed E-state index contributed by atoms with van der Waals surface area (Å²) in [5, 5.41) is 0. The third kappa shape index (κ3) is 6.36. The van der Waals surface area contributed by atoms with E-state index in [0.717, 1.165) is 32.6 Å². The van der Waals surface area contributed by atoms with Crippen molar-refractivity contribution < 1.29 is 14.2 Å². The maximum Gasteiger partial charge on any atom is 0.0704 e. The molecule has 4 heteroatoms. The first-order chi connectivity index (χ1) is 8.38. The van der Waals surface area contributed by atoms with E-state index < -0.39 is 0 Å². The van der Waals surface area contributed by atoms with Crippen LogP contribution in [0.3, 0.4) is 0 Å². The minimum absolute atomic E-state index is 0.358. The van der Waals surface area contributed by atoms with E-state index in [1.54, 1.807) is 7.11 Å². The van der Waals surface area contributed by atoms with Gasteiger partial charge in [0.2, 0.25) is 0 Å². The number of rotatable bonds is 9. The zero-order valence-electron chi connectivity index (χ0n) is 11.0. The molecule has 4 nitrogen and oxygen atoms in total. The molecule has 0 heterocycles. The Morgan fingerprint density at radius 1 is 1.06 bits per heavy atom. The van der Waals surface area contributed by atoms with Gasteiger partial charge in [-0.2, -0.15) is 0 Å². The fourth-order valence-electron chi connectivity index (χ4n) is 2.33. The molecule has 0 bridgehead atoms. The van der Waals surface area contributed by atoms with E-state index in [4.69, 9.17) is 19.9 Å². The van der Waals surface area contributed by atoms with Crippen LogP contribution in [0.4, 0.5) is 0 Å². The summed E-state index contributed by atoms with van der Waals surface area (Å²) < 4.78 is 16.3. The molecule has 17 heavy (non-hydrogen) atoms. The second kappa shape index (κ2) is 9.83. The van der Waals surface area contributed by atoms with Gasteiger partial charge in [-0.25, -0.2) is 0 Å². The molecule has 2 atom stereocenters. The Labute approximate surface area is 105 Å². The van der Waals surface area contributed by atoms with Crippen molar-refractivity contribution in [1.29, 1.82) is 0 Å². The molecule has 1 rings (SSSR count). The Kier molecular flexibility index (Phi) is 8.61. The van der Waals surface area contributed by atoms with Crippen LogP contribution in [0.25, 0.3) is 0 Å². The first kappa shape index (κ1) is 14.9. The molecule has 1 fully saturated rings. The Balaban J connectivity index is 1.97. The second-order valence-electron chi connectivity index (χ2n) is 4.65. The van der Waals surface area contributed by atoms with Gasteiger partial charge < -0.3 is 19.9 Å². The van der Waals surface area contributed by atoms with Crippen LogP contribution < -0.4 is 5.73 Å². The summed E-state index contributed by atoms with van der Waals surface area (Å²) in [6.07, 6.45) is 6.26. The lowest BCUT2D eigenvalue weighted by Crippen LogP contribution is -2.34. The SMILES string of the molecule is COCCCOCCOC1CCCCC1CN. The molecular weight excluding hydrogens is 218 g/mol. The molecule has 102 valence electrons. The molecule has 2 N–H and O–H groups in total. The summed E-state index contributed by atoms with van der Waals surface area (Å²) in [6.45, 7) is 3.63. The van der Waals surface area contributed by atoms with Crippen molar-refractivity contribution in [1.82, 2.24) is 0 Å². The molecule has 0 spiro atoms. The van der Waals surface area contributed by atoms with Crippen LogP contribution in [-0.4, -0.2) is 46.2 Å². The average Bonchev–Trinajstić information content (AvgIpc) is 2.38. The highest BCUT2D eigenvalue weighted by Crippen LogP contribution is 2.25.